The van der Waals surface area contributed by atoms with Crippen LogP contribution < -0.4 is 10.0 Å². The van der Waals surface area contributed by atoms with Crippen molar-refractivity contribution in [3.05, 3.63) is 64.0 Å². The van der Waals surface area contributed by atoms with Crippen LogP contribution in [0.4, 0.5) is 5.82 Å². The van der Waals surface area contributed by atoms with Crippen molar-refractivity contribution in [2.45, 2.75) is 18.2 Å². The second kappa shape index (κ2) is 8.03. The van der Waals surface area contributed by atoms with E-state index in [1.807, 2.05) is 24.4 Å². The maximum Gasteiger partial charge on any atom is 0.256 e. The van der Waals surface area contributed by atoms with Crippen LogP contribution in [0.3, 0.4) is 0 Å². The van der Waals surface area contributed by atoms with E-state index in [9.17, 15) is 13.2 Å². The van der Waals surface area contributed by atoms with Crippen LogP contribution in [-0.4, -0.2) is 30.7 Å². The van der Waals surface area contributed by atoms with Gasteiger partial charge < -0.3 is 5.32 Å². The number of anilines is 1. The maximum absolute atomic E-state index is 12.4. The van der Waals surface area contributed by atoms with Crippen LogP contribution >= 0.6 is 11.3 Å². The summed E-state index contributed by atoms with van der Waals surface area (Å²) in [5.41, 5.74) is 1.16. The Kier molecular flexibility index (Phi) is 5.73. The normalized spacial score (nSPS) is 11.5. The monoisotopic (exact) mass is 404 g/mol. The molecule has 0 saturated carbocycles. The van der Waals surface area contributed by atoms with Gasteiger partial charge in [0.2, 0.25) is 10.0 Å². The Morgan fingerprint density at radius 2 is 1.96 bits per heavy atom. The Hall–Kier alpha value is -2.49. The number of hydrogen-bond donors (Lipinski definition) is 2. The van der Waals surface area contributed by atoms with Crippen LogP contribution in [0, 0.1) is 6.92 Å². The average molecular weight is 405 g/mol. The van der Waals surface area contributed by atoms with E-state index >= 15 is 0 Å². The van der Waals surface area contributed by atoms with Gasteiger partial charge >= 0.3 is 0 Å². The van der Waals surface area contributed by atoms with E-state index in [0.29, 0.717) is 24.3 Å². The zero-order chi connectivity index (χ0) is 19.4. The summed E-state index contributed by atoms with van der Waals surface area (Å²) < 4.78 is 28.9. The van der Waals surface area contributed by atoms with Gasteiger partial charge in [-0.2, -0.15) is 5.10 Å². The number of benzene rings is 1. The minimum absolute atomic E-state index is 0.126. The Labute approximate surface area is 162 Å². The molecule has 27 heavy (non-hydrogen) atoms. The molecule has 0 radical (unpaired) electrons. The fraction of sp³-hybridized carbons (Fsp3) is 0.222. The lowest BCUT2D eigenvalue weighted by Crippen LogP contribution is -2.26. The summed E-state index contributed by atoms with van der Waals surface area (Å²) in [5.74, 6) is 0.247. The zero-order valence-corrected chi connectivity index (χ0v) is 16.6. The second-order valence-electron chi connectivity index (χ2n) is 6.00. The molecule has 0 atom stereocenters. The SMILES string of the molecule is Cc1cc(NC(=O)c2ccc(S(=O)(=O)NCCc3cccs3)cc2)n(C)n1. The summed E-state index contributed by atoms with van der Waals surface area (Å²) in [6, 6.07) is 11.5. The van der Waals surface area contributed by atoms with Crippen molar-refractivity contribution in [1.29, 1.82) is 0 Å². The molecule has 9 heteroatoms. The number of aromatic nitrogens is 2. The van der Waals surface area contributed by atoms with Gasteiger partial charge in [-0.05, 0) is 49.1 Å². The summed E-state index contributed by atoms with van der Waals surface area (Å²) in [5, 5.41) is 8.88. The van der Waals surface area contributed by atoms with E-state index in [1.165, 1.54) is 24.3 Å². The molecule has 2 heterocycles. The van der Waals surface area contributed by atoms with E-state index in [0.717, 1.165) is 10.6 Å². The first-order chi connectivity index (χ1) is 12.8. The van der Waals surface area contributed by atoms with Gasteiger partial charge in [-0.25, -0.2) is 13.1 Å². The molecule has 0 fully saturated rings. The lowest BCUT2D eigenvalue weighted by Gasteiger charge is -2.08. The van der Waals surface area contributed by atoms with Crippen molar-refractivity contribution in [3.8, 4) is 0 Å². The largest absolute Gasteiger partial charge is 0.307 e. The number of nitrogens with one attached hydrogen (secondary N) is 2. The van der Waals surface area contributed by atoms with Crippen molar-refractivity contribution in [2.75, 3.05) is 11.9 Å². The fourth-order valence-corrected chi connectivity index (χ4v) is 4.29. The molecule has 1 aromatic carbocycles. The van der Waals surface area contributed by atoms with E-state index in [1.54, 1.807) is 29.1 Å². The summed E-state index contributed by atoms with van der Waals surface area (Å²) in [7, 11) is -1.87. The number of aryl methyl sites for hydroxylation is 2. The summed E-state index contributed by atoms with van der Waals surface area (Å²) in [4.78, 5) is 13.6. The topological polar surface area (TPSA) is 93.1 Å². The van der Waals surface area contributed by atoms with E-state index < -0.39 is 10.0 Å². The number of nitrogens with zero attached hydrogens (tertiary/aromatic N) is 2. The molecular formula is C18H20N4O3S2. The number of amides is 1. The van der Waals surface area contributed by atoms with Crippen LogP contribution in [0.5, 0.6) is 0 Å². The zero-order valence-electron chi connectivity index (χ0n) is 15.0. The molecule has 0 saturated heterocycles. The Morgan fingerprint density at radius 3 is 2.56 bits per heavy atom. The van der Waals surface area contributed by atoms with Gasteiger partial charge in [-0.15, -0.1) is 11.3 Å². The average Bonchev–Trinajstić information content (AvgIpc) is 3.24. The molecule has 2 aromatic heterocycles. The molecule has 0 unspecified atom stereocenters. The summed E-state index contributed by atoms with van der Waals surface area (Å²) >= 11 is 1.59. The van der Waals surface area contributed by atoms with Gasteiger partial charge in [0.25, 0.3) is 5.91 Å². The maximum atomic E-state index is 12.4. The van der Waals surface area contributed by atoms with Crippen LogP contribution in [0.1, 0.15) is 20.9 Å². The van der Waals surface area contributed by atoms with Gasteiger partial charge in [-0.1, -0.05) is 6.07 Å². The van der Waals surface area contributed by atoms with Crippen LogP contribution in [-0.2, 0) is 23.5 Å². The highest BCUT2D eigenvalue weighted by atomic mass is 32.2. The molecule has 0 bridgehead atoms. The lowest BCUT2D eigenvalue weighted by molar-refractivity contribution is 0.102. The molecule has 3 rings (SSSR count). The second-order valence-corrected chi connectivity index (χ2v) is 8.80. The molecule has 2 N–H and O–H groups in total. The number of rotatable bonds is 7. The van der Waals surface area contributed by atoms with Gasteiger partial charge in [0.1, 0.15) is 5.82 Å². The lowest BCUT2D eigenvalue weighted by atomic mass is 10.2. The highest BCUT2D eigenvalue weighted by molar-refractivity contribution is 7.89. The Bertz CT molecular complexity index is 1020. The first-order valence-corrected chi connectivity index (χ1v) is 10.7. The third-order valence-corrected chi connectivity index (χ3v) is 6.33. The molecule has 7 nitrogen and oxygen atoms in total. The third kappa shape index (κ3) is 4.82. The van der Waals surface area contributed by atoms with Crippen molar-refractivity contribution >= 4 is 33.1 Å². The van der Waals surface area contributed by atoms with Crippen molar-refractivity contribution in [3.63, 3.8) is 0 Å². The van der Waals surface area contributed by atoms with Crippen molar-refractivity contribution in [1.82, 2.24) is 14.5 Å². The predicted octanol–water partition coefficient (Wildman–Crippen LogP) is 2.56. The predicted molar refractivity (Wildman–Crippen MR) is 106 cm³/mol. The quantitative estimate of drug-likeness (QED) is 0.633. The molecule has 3 aromatic rings. The third-order valence-electron chi connectivity index (χ3n) is 3.91. The summed E-state index contributed by atoms with van der Waals surface area (Å²) in [6.45, 7) is 2.16. The molecule has 0 spiro atoms. The molecule has 0 aliphatic carbocycles. The van der Waals surface area contributed by atoms with E-state index in [2.05, 4.69) is 15.1 Å². The molecule has 0 aliphatic rings. The van der Waals surface area contributed by atoms with Gasteiger partial charge in [0.05, 0.1) is 10.6 Å². The van der Waals surface area contributed by atoms with Gasteiger partial charge in [-0.3, -0.25) is 9.48 Å². The van der Waals surface area contributed by atoms with E-state index in [-0.39, 0.29) is 10.8 Å². The van der Waals surface area contributed by atoms with E-state index in [4.69, 9.17) is 0 Å². The Balaban J connectivity index is 1.63. The highest BCUT2D eigenvalue weighted by Gasteiger charge is 2.15. The fourth-order valence-electron chi connectivity index (χ4n) is 2.55. The van der Waals surface area contributed by atoms with Crippen LogP contribution in [0.15, 0.2) is 52.7 Å². The minimum atomic E-state index is -3.61. The first kappa shape index (κ1) is 19.3. The van der Waals surface area contributed by atoms with Gasteiger partial charge in [0, 0.05) is 30.1 Å². The summed E-state index contributed by atoms with van der Waals surface area (Å²) in [6.07, 6.45) is 0.640. The number of carbonyl (C=O) groups is 1. The molecule has 0 aliphatic heterocycles. The number of sulfonamides is 1. The minimum Gasteiger partial charge on any atom is -0.307 e. The van der Waals surface area contributed by atoms with Crippen LogP contribution in [0.2, 0.25) is 0 Å². The standard InChI is InChI=1S/C18H20N4O3S2/c1-13-12-17(22(2)21-13)20-18(23)14-5-7-16(8-6-14)27(24,25)19-10-9-15-4-3-11-26-15/h3-8,11-12,19H,9-10H2,1-2H3,(H,20,23). The Morgan fingerprint density at radius 1 is 1.22 bits per heavy atom. The number of carbonyl (C=O) groups excluding carboxylic acids is 1. The first-order valence-electron chi connectivity index (χ1n) is 8.29. The number of hydrogen-bond acceptors (Lipinski definition) is 5. The molecule has 1 amide bonds. The smallest absolute Gasteiger partial charge is 0.256 e. The highest BCUT2D eigenvalue weighted by Crippen LogP contribution is 2.14. The van der Waals surface area contributed by atoms with Gasteiger partial charge in [0.15, 0.2) is 0 Å². The molecule has 142 valence electrons. The van der Waals surface area contributed by atoms with Crippen molar-refractivity contribution < 1.29 is 13.2 Å². The van der Waals surface area contributed by atoms with Crippen LogP contribution in [0.25, 0.3) is 0 Å². The van der Waals surface area contributed by atoms with Crippen molar-refractivity contribution in [2.24, 2.45) is 7.05 Å². The number of thiophene rings is 1. The molecular weight excluding hydrogens is 384 g/mol.